The summed E-state index contributed by atoms with van der Waals surface area (Å²) in [5.74, 6) is -0.0710. The highest BCUT2D eigenvalue weighted by atomic mass is 16.4. The lowest BCUT2D eigenvalue weighted by Crippen LogP contribution is -2.60. The van der Waals surface area contributed by atoms with E-state index in [9.17, 15) is 15.0 Å². The molecule has 0 bridgehead atoms. The van der Waals surface area contributed by atoms with Crippen LogP contribution in [0.3, 0.4) is 0 Å². The summed E-state index contributed by atoms with van der Waals surface area (Å²) in [5.41, 5.74) is 0.767. The second kappa shape index (κ2) is 6.79. The van der Waals surface area contributed by atoms with E-state index in [2.05, 4.69) is 12.2 Å². The van der Waals surface area contributed by atoms with Gasteiger partial charge in [-0.15, -0.1) is 0 Å². The Morgan fingerprint density at radius 2 is 1.64 bits per heavy atom. The first-order valence-electron chi connectivity index (χ1n) is 9.88. The van der Waals surface area contributed by atoms with Crippen molar-refractivity contribution in [2.24, 2.45) is 5.92 Å². The number of amides is 1. The Kier molecular flexibility index (Phi) is 5.02. The number of nitrogens with zero attached hydrogens (tertiary/aromatic N) is 1. The van der Waals surface area contributed by atoms with Crippen LogP contribution >= 0.6 is 0 Å². The molecule has 3 aliphatic rings. The fraction of sp³-hybridized carbons (Fsp3) is 0.762. The van der Waals surface area contributed by atoms with E-state index in [0.29, 0.717) is 0 Å². The Hall–Kier alpha value is -1.29. The van der Waals surface area contributed by atoms with E-state index >= 15 is 0 Å². The molecular weight excluding hydrogens is 314 g/mol. The molecule has 0 radical (unpaired) electrons. The number of hydrogen-bond acceptors (Lipinski definition) is 3. The minimum atomic E-state index is -1.12. The zero-order valence-corrected chi connectivity index (χ0v) is 15.9. The van der Waals surface area contributed by atoms with Gasteiger partial charge < -0.3 is 19.9 Å². The molecule has 4 heteroatoms. The van der Waals surface area contributed by atoms with Gasteiger partial charge >= 0.3 is 0 Å². The molecule has 1 N–H and O–H groups in total. The van der Waals surface area contributed by atoms with Crippen molar-refractivity contribution in [1.82, 2.24) is 4.90 Å². The maximum atomic E-state index is 12.0. The normalized spacial score (nSPS) is 27.4. The van der Waals surface area contributed by atoms with Crippen molar-refractivity contribution in [3.05, 3.63) is 23.3 Å². The van der Waals surface area contributed by atoms with Gasteiger partial charge in [0.05, 0.1) is 0 Å². The quantitative estimate of drug-likeness (QED) is 0.792. The number of carboxylic acid groups (broad SMARTS) is 1. The van der Waals surface area contributed by atoms with Crippen LogP contribution in [0.5, 0.6) is 0 Å². The van der Waals surface area contributed by atoms with Crippen LogP contribution < -0.4 is 5.11 Å². The van der Waals surface area contributed by atoms with Gasteiger partial charge in [0, 0.05) is 17.5 Å². The summed E-state index contributed by atoms with van der Waals surface area (Å²) in [4.78, 5) is 13.5. The molecule has 1 fully saturated rings. The molecule has 0 saturated heterocycles. The van der Waals surface area contributed by atoms with Gasteiger partial charge in [0.15, 0.2) is 0 Å². The van der Waals surface area contributed by atoms with Crippen molar-refractivity contribution in [2.75, 3.05) is 0 Å². The monoisotopic (exact) mass is 346 g/mol. The van der Waals surface area contributed by atoms with E-state index in [4.69, 9.17) is 0 Å². The van der Waals surface area contributed by atoms with E-state index in [1.165, 1.54) is 4.90 Å². The number of carbonyl (C=O) groups is 1. The number of allylic oxidation sites excluding steroid dienone is 2. The molecular formula is C21H32NO3-. The topological polar surface area (TPSA) is 63.6 Å². The maximum Gasteiger partial charge on any atom is 0.137 e. The predicted molar refractivity (Wildman–Crippen MR) is 96.9 cm³/mol. The van der Waals surface area contributed by atoms with Crippen LogP contribution in [0.2, 0.25) is 0 Å². The molecule has 0 aromatic heterocycles. The Labute approximate surface area is 151 Å². The molecule has 3 aliphatic carbocycles. The van der Waals surface area contributed by atoms with Crippen molar-refractivity contribution in [2.45, 2.75) is 95.7 Å². The Balaban J connectivity index is 2.01. The third-order valence-electron chi connectivity index (χ3n) is 6.33. The molecule has 2 unspecified atom stereocenters. The Bertz CT molecular complexity index is 560. The predicted octanol–water partition coefficient (Wildman–Crippen LogP) is 3.55. The lowest BCUT2D eigenvalue weighted by molar-refractivity contribution is -0.275. The highest BCUT2D eigenvalue weighted by Crippen LogP contribution is 2.50. The summed E-state index contributed by atoms with van der Waals surface area (Å²) in [6.45, 7) is 5.75. The maximum absolute atomic E-state index is 12.0. The van der Waals surface area contributed by atoms with Crippen LogP contribution in [0.4, 0.5) is 4.79 Å². The molecule has 1 amide bonds. The Morgan fingerprint density at radius 3 is 2.04 bits per heavy atom. The van der Waals surface area contributed by atoms with Gasteiger partial charge in [-0.05, 0) is 83.3 Å². The minimum Gasteiger partial charge on any atom is -0.530 e. The molecule has 3 rings (SSSR count). The highest BCUT2D eigenvalue weighted by Gasteiger charge is 2.51. The molecule has 25 heavy (non-hydrogen) atoms. The van der Waals surface area contributed by atoms with Gasteiger partial charge in [0.1, 0.15) is 11.7 Å². The van der Waals surface area contributed by atoms with Crippen molar-refractivity contribution in [1.29, 1.82) is 0 Å². The fourth-order valence-electron chi connectivity index (χ4n) is 5.36. The lowest BCUT2D eigenvalue weighted by Gasteiger charge is -2.49. The van der Waals surface area contributed by atoms with Crippen molar-refractivity contribution in [3.63, 3.8) is 0 Å². The first kappa shape index (κ1) is 18.5. The van der Waals surface area contributed by atoms with E-state index in [1.54, 1.807) is 0 Å². The minimum absolute atomic E-state index is 0.0710. The van der Waals surface area contributed by atoms with E-state index in [1.807, 2.05) is 20.8 Å². The van der Waals surface area contributed by atoms with E-state index < -0.39 is 17.2 Å². The van der Waals surface area contributed by atoms with Gasteiger partial charge in [-0.1, -0.05) is 18.6 Å². The van der Waals surface area contributed by atoms with Crippen molar-refractivity contribution in [3.8, 4) is 0 Å². The van der Waals surface area contributed by atoms with Crippen molar-refractivity contribution >= 4 is 6.09 Å². The zero-order chi connectivity index (χ0) is 18.2. The van der Waals surface area contributed by atoms with E-state index in [0.717, 1.165) is 68.9 Å². The average molecular weight is 346 g/mol. The molecule has 0 heterocycles. The summed E-state index contributed by atoms with van der Waals surface area (Å²) >= 11 is 0. The van der Waals surface area contributed by atoms with Crippen molar-refractivity contribution < 1.29 is 15.0 Å². The second-order valence-corrected chi connectivity index (χ2v) is 8.92. The smallest absolute Gasteiger partial charge is 0.137 e. The van der Waals surface area contributed by atoms with Crippen LogP contribution in [-0.2, 0) is 0 Å². The molecule has 0 aromatic rings. The number of rotatable bonds is 4. The van der Waals surface area contributed by atoms with Gasteiger partial charge in [-0.25, -0.2) is 0 Å². The molecule has 140 valence electrons. The van der Waals surface area contributed by atoms with Crippen LogP contribution in [0.15, 0.2) is 23.3 Å². The second-order valence-electron chi connectivity index (χ2n) is 8.92. The number of carbonyl (C=O) groups excluding carboxylic acids is 1. The number of hydrogen-bond donors (Lipinski definition) is 1. The molecule has 4 nitrogen and oxygen atoms in total. The molecule has 1 saturated carbocycles. The van der Waals surface area contributed by atoms with Gasteiger partial charge in [0.25, 0.3) is 0 Å². The first-order valence-corrected chi connectivity index (χ1v) is 9.88. The molecule has 0 aromatic carbocycles. The fourth-order valence-corrected chi connectivity index (χ4v) is 5.36. The summed E-state index contributed by atoms with van der Waals surface area (Å²) in [5, 5.41) is 24.0. The Morgan fingerprint density at radius 1 is 1.08 bits per heavy atom. The van der Waals surface area contributed by atoms with Gasteiger partial charge in [-0.2, -0.15) is 0 Å². The summed E-state index contributed by atoms with van der Waals surface area (Å²) in [6.07, 6.45) is 12.0. The van der Waals surface area contributed by atoms with Crippen LogP contribution in [0.1, 0.15) is 78.6 Å². The summed E-state index contributed by atoms with van der Waals surface area (Å²) < 4.78 is 0. The zero-order valence-electron chi connectivity index (χ0n) is 15.9. The summed E-state index contributed by atoms with van der Waals surface area (Å²) in [6, 6.07) is -0.182. The lowest BCUT2D eigenvalue weighted by atomic mass is 9.71. The van der Waals surface area contributed by atoms with E-state index in [-0.39, 0.29) is 12.0 Å². The summed E-state index contributed by atoms with van der Waals surface area (Å²) in [7, 11) is 0. The SMILES string of the molecule is CC(C)(C)N(C(=O)[O-])C1CCCC1C(O)(C1=CCCC1)C1=CCCC1. The van der Waals surface area contributed by atoms with Crippen LogP contribution in [0.25, 0.3) is 0 Å². The van der Waals surface area contributed by atoms with Crippen LogP contribution in [0, 0.1) is 5.92 Å². The molecule has 2 atom stereocenters. The van der Waals surface area contributed by atoms with Crippen LogP contribution in [-0.4, -0.2) is 33.3 Å². The number of aliphatic hydroxyl groups is 1. The first-order chi connectivity index (χ1) is 11.8. The van der Waals surface area contributed by atoms with Gasteiger partial charge in [0.2, 0.25) is 0 Å². The third-order valence-corrected chi connectivity index (χ3v) is 6.33. The standard InChI is InChI=1S/C21H33NO3/c1-20(2,3)22(19(23)24)18-14-8-13-17(18)21(25,15-9-4-5-10-15)16-11-6-7-12-16/h9,11,17-18,25H,4-8,10,12-14H2,1-3H3,(H,23,24)/p-1. The molecule has 0 aliphatic heterocycles. The third kappa shape index (κ3) is 3.25. The largest absolute Gasteiger partial charge is 0.530 e. The van der Waals surface area contributed by atoms with Gasteiger partial charge in [-0.3, -0.25) is 0 Å². The highest BCUT2D eigenvalue weighted by molar-refractivity contribution is 5.64. The average Bonchev–Trinajstić information content (AvgIpc) is 3.27. The molecule has 0 spiro atoms.